The van der Waals surface area contributed by atoms with Crippen molar-refractivity contribution in [3.8, 4) is 0 Å². The lowest BCUT2D eigenvalue weighted by molar-refractivity contribution is -0.139. The number of aliphatic carboxylic acids is 1. The van der Waals surface area contributed by atoms with Crippen LogP contribution in [0.3, 0.4) is 0 Å². The van der Waals surface area contributed by atoms with E-state index in [1.54, 1.807) is 12.0 Å². The zero-order chi connectivity index (χ0) is 13.3. The third-order valence-electron chi connectivity index (χ3n) is 2.53. The van der Waals surface area contributed by atoms with E-state index in [4.69, 9.17) is 9.84 Å². The predicted molar refractivity (Wildman–Crippen MR) is 63.8 cm³/mol. The highest BCUT2D eigenvalue weighted by atomic mass is 16.5. The molecule has 0 aliphatic rings. The van der Waals surface area contributed by atoms with Gasteiger partial charge in [0.1, 0.15) is 0 Å². The maximum Gasteiger partial charge on any atom is 0.317 e. The molecule has 6 heteroatoms. The molecule has 0 saturated heterocycles. The van der Waals surface area contributed by atoms with Gasteiger partial charge in [-0.25, -0.2) is 0 Å². The largest absolute Gasteiger partial charge is 0.480 e. The minimum atomic E-state index is -0.921. The van der Waals surface area contributed by atoms with E-state index in [1.807, 2.05) is 13.8 Å². The molecule has 0 bridgehead atoms. The molecule has 1 atom stereocenters. The Hall–Kier alpha value is -1.14. The third kappa shape index (κ3) is 7.70. The molecular weight excluding hydrogens is 224 g/mol. The van der Waals surface area contributed by atoms with Crippen LogP contribution >= 0.6 is 0 Å². The number of rotatable bonds is 9. The van der Waals surface area contributed by atoms with Crippen molar-refractivity contribution < 1.29 is 19.4 Å². The van der Waals surface area contributed by atoms with E-state index < -0.39 is 5.97 Å². The first-order chi connectivity index (χ1) is 8.01. The third-order valence-corrected chi connectivity index (χ3v) is 2.53. The quantitative estimate of drug-likeness (QED) is 0.557. The van der Waals surface area contributed by atoms with Crippen molar-refractivity contribution in [2.24, 2.45) is 0 Å². The molecule has 1 amide bonds. The highest BCUT2D eigenvalue weighted by Gasteiger charge is 2.18. The second-order valence-corrected chi connectivity index (χ2v) is 3.90. The standard InChI is InChI=1S/C11H22N2O4/c1-4-9(2)13(8-11(15)16)7-10(14)12-5-6-17-3/h9H,4-8H2,1-3H3,(H,12,14)(H,15,16). The summed E-state index contributed by atoms with van der Waals surface area (Å²) in [5.74, 6) is -1.10. The van der Waals surface area contributed by atoms with Crippen molar-refractivity contribution in [3.05, 3.63) is 0 Å². The summed E-state index contributed by atoms with van der Waals surface area (Å²) in [5, 5.41) is 11.4. The molecule has 0 spiro atoms. The van der Waals surface area contributed by atoms with Crippen LogP contribution in [0.4, 0.5) is 0 Å². The molecule has 100 valence electrons. The monoisotopic (exact) mass is 246 g/mol. The van der Waals surface area contributed by atoms with Gasteiger partial charge in [0.25, 0.3) is 0 Å². The molecule has 17 heavy (non-hydrogen) atoms. The molecule has 0 radical (unpaired) electrons. The number of amides is 1. The Morgan fingerprint density at radius 2 is 2.06 bits per heavy atom. The summed E-state index contributed by atoms with van der Waals surface area (Å²) in [6, 6.07) is 0.0688. The zero-order valence-corrected chi connectivity index (χ0v) is 10.7. The molecule has 0 aliphatic heterocycles. The van der Waals surface area contributed by atoms with E-state index in [2.05, 4.69) is 5.32 Å². The van der Waals surface area contributed by atoms with Crippen LogP contribution in [0.15, 0.2) is 0 Å². The second kappa shape index (κ2) is 8.95. The van der Waals surface area contributed by atoms with Crippen molar-refractivity contribution >= 4 is 11.9 Å². The number of nitrogens with zero attached hydrogens (tertiary/aromatic N) is 1. The molecule has 0 aromatic heterocycles. The van der Waals surface area contributed by atoms with Gasteiger partial charge in [-0.05, 0) is 13.3 Å². The summed E-state index contributed by atoms with van der Waals surface area (Å²) in [4.78, 5) is 23.9. The molecule has 0 rings (SSSR count). The maximum atomic E-state index is 11.5. The van der Waals surface area contributed by atoms with E-state index in [-0.39, 0.29) is 25.0 Å². The highest BCUT2D eigenvalue weighted by Crippen LogP contribution is 2.02. The molecule has 0 aliphatic carbocycles. The first-order valence-corrected chi connectivity index (χ1v) is 5.72. The number of carbonyl (C=O) groups is 2. The van der Waals surface area contributed by atoms with Crippen molar-refractivity contribution in [1.82, 2.24) is 10.2 Å². The molecule has 1 unspecified atom stereocenters. The number of ether oxygens (including phenoxy) is 1. The van der Waals surface area contributed by atoms with E-state index in [0.29, 0.717) is 13.2 Å². The molecular formula is C11H22N2O4. The fraction of sp³-hybridized carbons (Fsp3) is 0.818. The normalized spacial score (nSPS) is 12.5. The van der Waals surface area contributed by atoms with Crippen LogP contribution in [0.2, 0.25) is 0 Å². The number of hydrogen-bond donors (Lipinski definition) is 2. The van der Waals surface area contributed by atoms with Crippen LogP contribution in [0.5, 0.6) is 0 Å². The number of methoxy groups -OCH3 is 1. The minimum absolute atomic E-state index is 0.0688. The SMILES string of the molecule is CCC(C)N(CC(=O)O)CC(=O)NCCOC. The fourth-order valence-electron chi connectivity index (χ4n) is 1.33. The molecule has 0 saturated carbocycles. The summed E-state index contributed by atoms with van der Waals surface area (Å²) < 4.78 is 4.81. The van der Waals surface area contributed by atoms with Crippen LogP contribution in [0, 0.1) is 0 Å². The number of hydrogen-bond acceptors (Lipinski definition) is 4. The first kappa shape index (κ1) is 15.9. The molecule has 0 aromatic carbocycles. The van der Waals surface area contributed by atoms with Gasteiger partial charge in [0.05, 0.1) is 19.7 Å². The molecule has 0 fully saturated rings. The Labute approximate surface area is 102 Å². The average molecular weight is 246 g/mol. The maximum absolute atomic E-state index is 11.5. The van der Waals surface area contributed by atoms with E-state index in [0.717, 1.165) is 6.42 Å². The van der Waals surface area contributed by atoms with E-state index in [1.165, 1.54) is 0 Å². The molecule has 6 nitrogen and oxygen atoms in total. The van der Waals surface area contributed by atoms with Crippen LogP contribution < -0.4 is 5.32 Å². The molecule has 2 N–H and O–H groups in total. The summed E-state index contributed by atoms with van der Waals surface area (Å²) >= 11 is 0. The van der Waals surface area contributed by atoms with Gasteiger partial charge in [0.15, 0.2) is 0 Å². The van der Waals surface area contributed by atoms with Gasteiger partial charge in [-0.3, -0.25) is 14.5 Å². The van der Waals surface area contributed by atoms with Crippen molar-refractivity contribution in [2.75, 3.05) is 33.4 Å². The van der Waals surface area contributed by atoms with E-state index >= 15 is 0 Å². The second-order valence-electron chi connectivity index (χ2n) is 3.90. The molecule has 0 heterocycles. The number of carboxylic acids is 1. The van der Waals surface area contributed by atoms with E-state index in [9.17, 15) is 9.59 Å². The van der Waals surface area contributed by atoms with Crippen molar-refractivity contribution in [2.45, 2.75) is 26.3 Å². The predicted octanol–water partition coefficient (Wildman–Crippen LogP) is -0.0659. The van der Waals surface area contributed by atoms with Crippen LogP contribution in [0.25, 0.3) is 0 Å². The summed E-state index contributed by atoms with van der Waals surface area (Å²) in [5.41, 5.74) is 0. The van der Waals surface area contributed by atoms with Crippen LogP contribution in [-0.2, 0) is 14.3 Å². The van der Waals surface area contributed by atoms with Gasteiger partial charge in [-0.15, -0.1) is 0 Å². The Morgan fingerprint density at radius 1 is 1.41 bits per heavy atom. The van der Waals surface area contributed by atoms with Crippen molar-refractivity contribution in [3.63, 3.8) is 0 Å². The Balaban J connectivity index is 4.13. The van der Waals surface area contributed by atoms with Gasteiger partial charge in [-0.2, -0.15) is 0 Å². The Morgan fingerprint density at radius 3 is 2.53 bits per heavy atom. The van der Waals surface area contributed by atoms with Crippen LogP contribution in [0.1, 0.15) is 20.3 Å². The highest BCUT2D eigenvalue weighted by molar-refractivity contribution is 5.79. The lowest BCUT2D eigenvalue weighted by atomic mass is 10.2. The van der Waals surface area contributed by atoms with Gasteiger partial charge < -0.3 is 15.2 Å². The smallest absolute Gasteiger partial charge is 0.317 e. The first-order valence-electron chi connectivity index (χ1n) is 5.72. The summed E-state index contributed by atoms with van der Waals surface area (Å²) in [7, 11) is 1.56. The van der Waals surface area contributed by atoms with Gasteiger partial charge in [0, 0.05) is 19.7 Å². The van der Waals surface area contributed by atoms with Gasteiger partial charge in [-0.1, -0.05) is 6.92 Å². The summed E-state index contributed by atoms with van der Waals surface area (Å²) in [6.07, 6.45) is 0.804. The van der Waals surface area contributed by atoms with Crippen molar-refractivity contribution in [1.29, 1.82) is 0 Å². The van der Waals surface area contributed by atoms with Gasteiger partial charge in [0.2, 0.25) is 5.91 Å². The summed E-state index contributed by atoms with van der Waals surface area (Å²) in [6.45, 7) is 4.75. The molecule has 0 aromatic rings. The Kier molecular flexibility index (Phi) is 8.35. The number of nitrogens with one attached hydrogen (secondary N) is 1. The zero-order valence-electron chi connectivity index (χ0n) is 10.7. The van der Waals surface area contributed by atoms with Gasteiger partial charge >= 0.3 is 5.97 Å². The number of carbonyl (C=O) groups excluding carboxylic acids is 1. The van der Waals surface area contributed by atoms with Crippen LogP contribution in [-0.4, -0.2) is 61.3 Å². The lowest BCUT2D eigenvalue weighted by Gasteiger charge is -2.25. The fourth-order valence-corrected chi connectivity index (χ4v) is 1.33. The number of carboxylic acid groups (broad SMARTS) is 1. The average Bonchev–Trinajstić information content (AvgIpc) is 2.27. The lowest BCUT2D eigenvalue weighted by Crippen LogP contribution is -2.44. The Bertz CT molecular complexity index is 246. The topological polar surface area (TPSA) is 78.9 Å². The minimum Gasteiger partial charge on any atom is -0.480 e.